The first kappa shape index (κ1) is 16.8. The molecule has 2 heterocycles. The summed E-state index contributed by atoms with van der Waals surface area (Å²) < 4.78 is 10.8. The Labute approximate surface area is 142 Å². The summed E-state index contributed by atoms with van der Waals surface area (Å²) in [4.78, 5) is 9.42. The van der Waals surface area contributed by atoms with Crippen molar-refractivity contribution < 1.29 is 14.6 Å². The molecule has 0 spiro atoms. The average Bonchev–Trinajstić information content (AvgIpc) is 2.61. The molecule has 1 aliphatic rings. The fraction of sp³-hybridized carbons (Fsp3) is 0.500. The maximum Gasteiger partial charge on any atom is 0.162 e. The first-order chi connectivity index (χ1) is 11.7. The van der Waals surface area contributed by atoms with Crippen LogP contribution < -0.4 is 14.4 Å². The van der Waals surface area contributed by atoms with Crippen LogP contribution in [0.5, 0.6) is 11.5 Å². The highest BCUT2D eigenvalue weighted by Crippen LogP contribution is 2.34. The van der Waals surface area contributed by atoms with Crippen molar-refractivity contribution in [3.05, 3.63) is 23.8 Å². The lowest BCUT2D eigenvalue weighted by Crippen LogP contribution is -2.47. The molecule has 1 aliphatic heterocycles. The molecule has 1 fully saturated rings. The van der Waals surface area contributed by atoms with Gasteiger partial charge in [-0.15, -0.1) is 0 Å². The molecule has 0 radical (unpaired) electrons. The van der Waals surface area contributed by atoms with Gasteiger partial charge in [-0.05, 0) is 24.6 Å². The van der Waals surface area contributed by atoms with Crippen LogP contribution in [-0.2, 0) is 0 Å². The Hall–Kier alpha value is -2.05. The van der Waals surface area contributed by atoms with Gasteiger partial charge in [-0.2, -0.15) is 0 Å². The molecule has 0 amide bonds. The molecule has 1 saturated heterocycles. The number of β-amino-alcohol motifs (C(OH)–C–C–N with tert-alkyl or cyclic N) is 1. The summed E-state index contributed by atoms with van der Waals surface area (Å²) in [5.41, 5.74) is 2.09. The van der Waals surface area contributed by atoms with Crippen LogP contribution in [0.1, 0.15) is 5.56 Å². The molecule has 0 saturated carbocycles. The van der Waals surface area contributed by atoms with Crippen molar-refractivity contribution in [3.8, 4) is 11.5 Å². The van der Waals surface area contributed by atoms with E-state index in [0.29, 0.717) is 5.75 Å². The van der Waals surface area contributed by atoms with Gasteiger partial charge in [0.1, 0.15) is 5.82 Å². The molecular weight excluding hydrogens is 306 g/mol. The summed E-state index contributed by atoms with van der Waals surface area (Å²) in [5, 5.41) is 10.1. The second kappa shape index (κ2) is 7.23. The molecule has 3 rings (SSSR count). The smallest absolute Gasteiger partial charge is 0.162 e. The van der Waals surface area contributed by atoms with E-state index in [-0.39, 0.29) is 6.61 Å². The molecule has 24 heavy (non-hydrogen) atoms. The largest absolute Gasteiger partial charge is 0.493 e. The first-order valence-electron chi connectivity index (χ1n) is 8.27. The Morgan fingerprint density at radius 3 is 2.33 bits per heavy atom. The third-order valence-corrected chi connectivity index (χ3v) is 4.62. The monoisotopic (exact) mass is 331 g/mol. The van der Waals surface area contributed by atoms with Gasteiger partial charge in [-0.3, -0.25) is 4.90 Å². The Morgan fingerprint density at radius 1 is 1.04 bits per heavy atom. The van der Waals surface area contributed by atoms with E-state index in [2.05, 4.69) is 22.8 Å². The maximum atomic E-state index is 9.06. The minimum atomic E-state index is 0.217. The number of fused-ring (bicyclic) bond motifs is 1. The van der Waals surface area contributed by atoms with E-state index in [9.17, 15) is 0 Å². The first-order valence-corrected chi connectivity index (χ1v) is 8.27. The zero-order chi connectivity index (χ0) is 17.1. The molecule has 1 aromatic carbocycles. The highest BCUT2D eigenvalue weighted by atomic mass is 16.5. The summed E-state index contributed by atoms with van der Waals surface area (Å²) in [5.74, 6) is 2.41. The van der Waals surface area contributed by atoms with Gasteiger partial charge in [0.25, 0.3) is 0 Å². The Balaban J connectivity index is 1.90. The lowest BCUT2D eigenvalue weighted by atomic mass is 10.1. The third-order valence-electron chi connectivity index (χ3n) is 4.62. The number of aryl methyl sites for hydroxylation is 1. The summed E-state index contributed by atoms with van der Waals surface area (Å²) in [7, 11) is 3.29. The zero-order valence-electron chi connectivity index (χ0n) is 14.6. The number of benzene rings is 1. The van der Waals surface area contributed by atoms with Crippen LogP contribution in [0.4, 0.5) is 5.82 Å². The fourth-order valence-corrected chi connectivity index (χ4v) is 3.21. The van der Waals surface area contributed by atoms with E-state index >= 15 is 0 Å². The highest BCUT2D eigenvalue weighted by molar-refractivity contribution is 5.87. The lowest BCUT2D eigenvalue weighted by Gasteiger charge is -2.35. The van der Waals surface area contributed by atoms with Crippen molar-refractivity contribution in [3.63, 3.8) is 0 Å². The summed E-state index contributed by atoms with van der Waals surface area (Å²) in [6.07, 6.45) is 0. The Kier molecular flexibility index (Phi) is 5.06. The van der Waals surface area contributed by atoms with Gasteiger partial charge in [0.05, 0.1) is 26.3 Å². The van der Waals surface area contributed by atoms with Gasteiger partial charge in [-0.1, -0.05) is 0 Å². The van der Waals surface area contributed by atoms with Crippen molar-refractivity contribution in [2.45, 2.75) is 6.92 Å². The van der Waals surface area contributed by atoms with E-state index in [4.69, 9.17) is 19.6 Å². The van der Waals surface area contributed by atoms with Crippen LogP contribution in [-0.4, -0.2) is 68.5 Å². The van der Waals surface area contributed by atoms with E-state index < -0.39 is 0 Å². The van der Waals surface area contributed by atoms with Gasteiger partial charge in [0.15, 0.2) is 11.5 Å². The van der Waals surface area contributed by atoms with Gasteiger partial charge >= 0.3 is 0 Å². The molecule has 1 N–H and O–H groups in total. The quantitative estimate of drug-likeness (QED) is 0.899. The van der Waals surface area contributed by atoms with Crippen molar-refractivity contribution in [1.82, 2.24) is 9.88 Å². The van der Waals surface area contributed by atoms with Crippen molar-refractivity contribution in [1.29, 1.82) is 0 Å². The topological polar surface area (TPSA) is 58.1 Å². The number of methoxy groups -OCH3 is 2. The van der Waals surface area contributed by atoms with E-state index in [1.807, 2.05) is 12.1 Å². The van der Waals surface area contributed by atoms with Gasteiger partial charge in [-0.25, -0.2) is 4.98 Å². The van der Waals surface area contributed by atoms with Crippen LogP contribution in [0, 0.1) is 6.92 Å². The second-order valence-corrected chi connectivity index (χ2v) is 6.07. The zero-order valence-corrected chi connectivity index (χ0v) is 14.6. The predicted molar refractivity (Wildman–Crippen MR) is 95.3 cm³/mol. The minimum absolute atomic E-state index is 0.217. The van der Waals surface area contributed by atoms with Crippen molar-refractivity contribution in [2.24, 2.45) is 0 Å². The number of aromatic nitrogens is 1. The highest BCUT2D eigenvalue weighted by Gasteiger charge is 2.19. The van der Waals surface area contributed by atoms with Crippen molar-refractivity contribution in [2.75, 3.05) is 58.5 Å². The number of piperazine rings is 1. The molecule has 1 aromatic heterocycles. The number of nitrogens with zero attached hydrogens (tertiary/aromatic N) is 3. The second-order valence-electron chi connectivity index (χ2n) is 6.07. The molecule has 6 nitrogen and oxygen atoms in total. The predicted octanol–water partition coefficient (Wildman–Crippen LogP) is 1.67. The molecular formula is C18H25N3O3. The molecule has 0 bridgehead atoms. The Morgan fingerprint density at radius 2 is 1.71 bits per heavy atom. The summed E-state index contributed by atoms with van der Waals surface area (Å²) in [6.45, 7) is 6.80. The molecule has 0 aliphatic carbocycles. The molecule has 6 heteroatoms. The molecule has 0 unspecified atom stereocenters. The number of rotatable bonds is 5. The number of pyridine rings is 1. The average molecular weight is 331 g/mol. The number of ether oxygens (including phenoxy) is 2. The van der Waals surface area contributed by atoms with Crippen LogP contribution in [0.15, 0.2) is 18.2 Å². The van der Waals surface area contributed by atoms with Crippen LogP contribution in [0.2, 0.25) is 0 Å². The summed E-state index contributed by atoms with van der Waals surface area (Å²) in [6, 6.07) is 6.06. The number of aliphatic hydroxyl groups excluding tert-OH is 1. The van der Waals surface area contributed by atoms with Gasteiger partial charge in [0.2, 0.25) is 0 Å². The molecule has 0 atom stereocenters. The summed E-state index contributed by atoms with van der Waals surface area (Å²) >= 11 is 0. The third kappa shape index (κ3) is 3.25. The van der Waals surface area contributed by atoms with Gasteiger partial charge in [0, 0.05) is 44.2 Å². The van der Waals surface area contributed by atoms with E-state index in [0.717, 1.165) is 55.2 Å². The number of hydrogen-bond acceptors (Lipinski definition) is 6. The normalized spacial score (nSPS) is 15.8. The number of hydrogen-bond donors (Lipinski definition) is 1. The van der Waals surface area contributed by atoms with Crippen LogP contribution in [0.25, 0.3) is 10.9 Å². The number of aliphatic hydroxyl groups is 1. The molecule has 130 valence electrons. The van der Waals surface area contributed by atoms with Crippen molar-refractivity contribution >= 4 is 16.7 Å². The van der Waals surface area contributed by atoms with E-state index in [1.165, 1.54) is 5.56 Å². The van der Waals surface area contributed by atoms with Crippen LogP contribution >= 0.6 is 0 Å². The van der Waals surface area contributed by atoms with Gasteiger partial charge < -0.3 is 19.5 Å². The minimum Gasteiger partial charge on any atom is -0.493 e. The SMILES string of the molecule is COc1cc2nc(N3CCN(CCO)CC3)cc(C)c2cc1OC. The van der Waals surface area contributed by atoms with E-state index in [1.54, 1.807) is 14.2 Å². The maximum absolute atomic E-state index is 9.06. The lowest BCUT2D eigenvalue weighted by molar-refractivity contribution is 0.188. The Bertz CT molecular complexity index is 712. The standard InChI is InChI=1S/C18H25N3O3/c1-13-10-18(21-6-4-20(5-7-21)8-9-22)19-15-12-17(24-3)16(23-2)11-14(13)15/h10-12,22H,4-9H2,1-3H3. The number of anilines is 1. The molecule has 2 aromatic rings. The van der Waals surface area contributed by atoms with Crippen LogP contribution in [0.3, 0.4) is 0 Å². The fourth-order valence-electron chi connectivity index (χ4n) is 3.21.